The molecule has 4 aliphatic carbocycles. The lowest BCUT2D eigenvalue weighted by Gasteiger charge is -2.36. The van der Waals surface area contributed by atoms with E-state index in [0.717, 1.165) is 35.5 Å². The van der Waals surface area contributed by atoms with Crippen LogP contribution in [-0.2, 0) is 9.47 Å². The monoisotopic (exact) mass is 180 g/mol. The number of fused-ring (bicyclic) bond motifs is 8. The predicted octanol–water partition coefficient (Wildman–Crippen LogP) is 1.51. The molecule has 0 aromatic rings. The Morgan fingerprint density at radius 1 is 0.846 bits per heavy atom. The Kier molecular flexibility index (Phi) is 1.02. The lowest BCUT2D eigenvalue weighted by molar-refractivity contribution is -0.252. The van der Waals surface area contributed by atoms with Gasteiger partial charge in [-0.05, 0) is 36.5 Å². The van der Waals surface area contributed by atoms with Crippen LogP contribution in [0.5, 0.6) is 0 Å². The first-order valence-electron chi connectivity index (χ1n) is 5.44. The highest BCUT2D eigenvalue weighted by Gasteiger charge is 2.82. The van der Waals surface area contributed by atoms with Crippen LogP contribution in [0.3, 0.4) is 0 Å². The van der Waals surface area contributed by atoms with Crippen molar-refractivity contribution in [3.63, 3.8) is 0 Å². The van der Waals surface area contributed by atoms with Crippen molar-refractivity contribution in [3.05, 3.63) is 0 Å². The molecule has 0 spiro atoms. The van der Waals surface area contributed by atoms with Crippen LogP contribution in [-0.4, -0.2) is 20.0 Å². The third kappa shape index (κ3) is 0.556. The van der Waals surface area contributed by atoms with Crippen LogP contribution in [0.2, 0.25) is 0 Å². The minimum Gasteiger partial charge on any atom is -0.353 e. The third-order valence-corrected chi connectivity index (χ3v) is 5.19. The lowest BCUT2D eigenvalue weighted by Crippen LogP contribution is -2.43. The van der Waals surface area contributed by atoms with E-state index >= 15 is 0 Å². The van der Waals surface area contributed by atoms with Crippen molar-refractivity contribution in [1.29, 1.82) is 0 Å². The molecule has 4 aliphatic rings. The zero-order valence-corrected chi connectivity index (χ0v) is 8.19. The molecule has 72 valence electrons. The van der Waals surface area contributed by atoms with Gasteiger partial charge in [0.1, 0.15) is 0 Å². The predicted molar refractivity (Wildman–Crippen MR) is 46.9 cm³/mol. The first kappa shape index (κ1) is 7.24. The molecule has 0 saturated heterocycles. The van der Waals surface area contributed by atoms with E-state index in [4.69, 9.17) is 9.47 Å². The molecule has 0 aromatic heterocycles. The first-order chi connectivity index (χ1) is 6.33. The van der Waals surface area contributed by atoms with Crippen LogP contribution in [0.4, 0.5) is 0 Å². The SMILES string of the molecule is COC1(OC)C2C3CC3C1C1CC12. The normalized spacial score (nSPS) is 63.2. The Morgan fingerprint density at radius 3 is 1.46 bits per heavy atom. The molecule has 4 saturated carbocycles. The molecule has 4 fully saturated rings. The van der Waals surface area contributed by atoms with E-state index in [1.165, 1.54) is 12.8 Å². The summed E-state index contributed by atoms with van der Waals surface area (Å²) in [6.07, 6.45) is 2.94. The second-order valence-corrected chi connectivity index (χ2v) is 5.31. The zero-order valence-electron chi connectivity index (χ0n) is 8.19. The van der Waals surface area contributed by atoms with Crippen molar-refractivity contribution >= 4 is 0 Å². The van der Waals surface area contributed by atoms with Gasteiger partial charge in [-0.15, -0.1) is 0 Å². The Bertz CT molecular complexity index is 231. The van der Waals surface area contributed by atoms with Gasteiger partial charge >= 0.3 is 0 Å². The van der Waals surface area contributed by atoms with E-state index < -0.39 is 0 Å². The summed E-state index contributed by atoms with van der Waals surface area (Å²) < 4.78 is 11.4. The van der Waals surface area contributed by atoms with E-state index in [9.17, 15) is 0 Å². The number of ether oxygens (including phenoxy) is 2. The molecule has 4 rings (SSSR count). The largest absolute Gasteiger partial charge is 0.353 e. The van der Waals surface area contributed by atoms with Crippen molar-refractivity contribution in [2.45, 2.75) is 18.6 Å². The Morgan fingerprint density at radius 2 is 1.23 bits per heavy atom. The van der Waals surface area contributed by atoms with Crippen LogP contribution in [0.15, 0.2) is 0 Å². The molecular weight excluding hydrogens is 164 g/mol. The fourth-order valence-electron chi connectivity index (χ4n) is 4.80. The maximum Gasteiger partial charge on any atom is 0.174 e. The Hall–Kier alpha value is -0.0800. The summed E-state index contributed by atoms with van der Waals surface area (Å²) in [7, 11) is 3.66. The molecule has 0 aliphatic heterocycles. The van der Waals surface area contributed by atoms with Crippen molar-refractivity contribution in [2.24, 2.45) is 35.5 Å². The number of hydrogen-bond acceptors (Lipinski definition) is 2. The topological polar surface area (TPSA) is 18.5 Å². The summed E-state index contributed by atoms with van der Waals surface area (Å²) in [6.45, 7) is 0. The average molecular weight is 180 g/mol. The number of methoxy groups -OCH3 is 2. The summed E-state index contributed by atoms with van der Waals surface area (Å²) in [6, 6.07) is 0. The highest BCUT2D eigenvalue weighted by molar-refractivity contribution is 5.26. The average Bonchev–Trinajstić information content (AvgIpc) is 3.05. The van der Waals surface area contributed by atoms with Gasteiger partial charge < -0.3 is 9.47 Å². The molecule has 2 heteroatoms. The van der Waals surface area contributed by atoms with Crippen molar-refractivity contribution in [2.75, 3.05) is 14.2 Å². The van der Waals surface area contributed by atoms with Gasteiger partial charge in [0.05, 0.1) is 0 Å². The van der Waals surface area contributed by atoms with E-state index in [1.807, 2.05) is 14.2 Å². The quantitative estimate of drug-likeness (QED) is 0.600. The summed E-state index contributed by atoms with van der Waals surface area (Å²) in [5.74, 6) is 5.22. The molecule has 2 nitrogen and oxygen atoms in total. The third-order valence-electron chi connectivity index (χ3n) is 5.19. The van der Waals surface area contributed by atoms with Crippen molar-refractivity contribution in [3.8, 4) is 0 Å². The first-order valence-corrected chi connectivity index (χ1v) is 5.44. The van der Waals surface area contributed by atoms with Crippen molar-refractivity contribution < 1.29 is 9.47 Å². The Balaban J connectivity index is 1.81. The van der Waals surface area contributed by atoms with Crippen LogP contribution in [0.25, 0.3) is 0 Å². The van der Waals surface area contributed by atoms with E-state index in [-0.39, 0.29) is 5.79 Å². The molecule has 4 unspecified atom stereocenters. The van der Waals surface area contributed by atoms with Gasteiger partial charge in [-0.2, -0.15) is 0 Å². The highest BCUT2D eigenvalue weighted by Crippen LogP contribution is 2.81. The number of hydrogen-bond donors (Lipinski definition) is 0. The van der Waals surface area contributed by atoms with E-state index in [2.05, 4.69) is 0 Å². The van der Waals surface area contributed by atoms with Crippen LogP contribution >= 0.6 is 0 Å². The highest BCUT2D eigenvalue weighted by atomic mass is 16.7. The minimum atomic E-state index is -0.152. The van der Waals surface area contributed by atoms with E-state index in [1.54, 1.807) is 0 Å². The van der Waals surface area contributed by atoms with Gasteiger partial charge in [0.25, 0.3) is 0 Å². The molecule has 0 N–H and O–H groups in total. The number of rotatable bonds is 2. The smallest absolute Gasteiger partial charge is 0.174 e. The molecule has 0 radical (unpaired) electrons. The van der Waals surface area contributed by atoms with Gasteiger partial charge in [-0.25, -0.2) is 0 Å². The Labute approximate surface area is 78.6 Å². The molecule has 13 heavy (non-hydrogen) atoms. The van der Waals surface area contributed by atoms with Gasteiger partial charge in [0.15, 0.2) is 5.79 Å². The zero-order chi connectivity index (χ0) is 8.79. The van der Waals surface area contributed by atoms with Crippen LogP contribution < -0.4 is 0 Å². The molecule has 0 heterocycles. The van der Waals surface area contributed by atoms with Gasteiger partial charge in [-0.1, -0.05) is 0 Å². The second-order valence-electron chi connectivity index (χ2n) is 5.31. The summed E-state index contributed by atoms with van der Waals surface area (Å²) >= 11 is 0. The van der Waals surface area contributed by atoms with Crippen LogP contribution in [0, 0.1) is 35.5 Å². The lowest BCUT2D eigenvalue weighted by atomic mass is 9.92. The fourth-order valence-corrected chi connectivity index (χ4v) is 4.80. The summed E-state index contributed by atoms with van der Waals surface area (Å²) in [5.41, 5.74) is 0. The van der Waals surface area contributed by atoms with Crippen LogP contribution in [0.1, 0.15) is 12.8 Å². The van der Waals surface area contributed by atoms with Gasteiger partial charge in [0, 0.05) is 26.1 Å². The van der Waals surface area contributed by atoms with Crippen molar-refractivity contribution in [1.82, 2.24) is 0 Å². The summed E-state index contributed by atoms with van der Waals surface area (Å²) in [4.78, 5) is 0. The van der Waals surface area contributed by atoms with Gasteiger partial charge in [-0.3, -0.25) is 0 Å². The molecular formula is C11H16O2. The fraction of sp³-hybridized carbons (Fsp3) is 1.00. The molecule has 2 bridgehead atoms. The maximum atomic E-state index is 5.71. The van der Waals surface area contributed by atoms with E-state index in [0.29, 0.717) is 0 Å². The minimum absolute atomic E-state index is 0.152. The molecule has 0 aromatic carbocycles. The van der Waals surface area contributed by atoms with Gasteiger partial charge in [0.2, 0.25) is 0 Å². The molecule has 0 amide bonds. The standard InChI is InChI=1S/C11H16O2/c1-12-11(13-2)9-5-3-6(5)10(11)8-4-7(8)9/h5-10H,3-4H2,1-2H3. The summed E-state index contributed by atoms with van der Waals surface area (Å²) in [5, 5.41) is 0. The maximum absolute atomic E-state index is 5.71. The molecule has 4 atom stereocenters. The second kappa shape index (κ2) is 1.82.